The molecule has 98 valence electrons. The molecule has 18 heavy (non-hydrogen) atoms. The van der Waals surface area contributed by atoms with E-state index in [2.05, 4.69) is 0 Å². The molecule has 0 aliphatic heterocycles. The summed E-state index contributed by atoms with van der Waals surface area (Å²) in [5.41, 5.74) is -3.19. The summed E-state index contributed by atoms with van der Waals surface area (Å²) in [5.74, 6) is 0.173. The second-order valence-corrected chi connectivity index (χ2v) is 6.55. The van der Waals surface area contributed by atoms with Gasteiger partial charge in [0.25, 0.3) is 0 Å². The molecule has 1 aliphatic carbocycles. The molecule has 1 aliphatic rings. The van der Waals surface area contributed by atoms with E-state index in [-0.39, 0.29) is 18.3 Å². The largest absolute Gasteiger partial charge is 1.00 e. The normalized spacial score (nSPS) is 16.8. The van der Waals surface area contributed by atoms with Crippen molar-refractivity contribution in [3.8, 4) is 0 Å². The number of halogens is 4. The number of thiophene rings is 1. The summed E-state index contributed by atoms with van der Waals surface area (Å²) in [6, 6.07) is 7.02. The van der Waals surface area contributed by atoms with Gasteiger partial charge in [0.2, 0.25) is 0 Å². The van der Waals surface area contributed by atoms with Crippen LogP contribution in [0, 0.1) is 6.92 Å². The zero-order chi connectivity index (χ0) is 12.2. The lowest BCUT2D eigenvalue weighted by Gasteiger charge is -1.98. The zero-order valence-corrected chi connectivity index (χ0v) is 11.3. The Labute approximate surface area is 112 Å². The van der Waals surface area contributed by atoms with Gasteiger partial charge in [0, 0.05) is 17.4 Å². The van der Waals surface area contributed by atoms with E-state index in [1.807, 2.05) is 13.0 Å². The first kappa shape index (κ1) is 13.7. The maximum atomic E-state index is 13.2. The molecule has 5 heteroatoms. The van der Waals surface area contributed by atoms with Gasteiger partial charge in [-0.15, -0.1) is 13.2 Å². The number of rotatable bonds is 1. The SMILES string of the molecule is Cc1cccc2c1cc(C1CC1)[s+]2C(F)(F)F.[Cl-]. The van der Waals surface area contributed by atoms with Crippen molar-refractivity contribution < 1.29 is 25.6 Å². The Morgan fingerprint density at radius 2 is 1.89 bits per heavy atom. The van der Waals surface area contributed by atoms with Gasteiger partial charge in [-0.05, 0) is 31.4 Å². The first-order chi connectivity index (χ1) is 7.98. The van der Waals surface area contributed by atoms with Crippen LogP contribution in [0.1, 0.15) is 29.2 Å². The fourth-order valence-corrected chi connectivity index (χ4v) is 4.49. The van der Waals surface area contributed by atoms with Gasteiger partial charge >= 0.3 is 5.51 Å². The summed E-state index contributed by atoms with van der Waals surface area (Å²) in [6.07, 6.45) is 1.83. The van der Waals surface area contributed by atoms with E-state index in [0.29, 0.717) is 9.58 Å². The highest BCUT2D eigenvalue weighted by Crippen LogP contribution is 2.57. The number of aryl methyl sites for hydroxylation is 1. The van der Waals surface area contributed by atoms with Gasteiger partial charge in [-0.25, -0.2) is 0 Å². The van der Waals surface area contributed by atoms with Crippen LogP contribution < -0.4 is 12.4 Å². The molecule has 2 aromatic rings. The van der Waals surface area contributed by atoms with Crippen molar-refractivity contribution in [2.45, 2.75) is 31.2 Å². The van der Waals surface area contributed by atoms with E-state index >= 15 is 0 Å². The third-order valence-electron chi connectivity index (χ3n) is 3.24. The number of benzene rings is 1. The van der Waals surface area contributed by atoms with Crippen molar-refractivity contribution in [1.29, 1.82) is 0 Å². The van der Waals surface area contributed by atoms with Crippen LogP contribution in [0.3, 0.4) is 0 Å². The lowest BCUT2D eigenvalue weighted by atomic mass is 10.1. The topological polar surface area (TPSA) is 0 Å². The van der Waals surface area contributed by atoms with Crippen LogP contribution in [0.5, 0.6) is 0 Å². The third kappa shape index (κ3) is 2.12. The average molecular weight is 293 g/mol. The molecule has 1 heterocycles. The minimum Gasteiger partial charge on any atom is -1.00 e. The summed E-state index contributed by atoms with van der Waals surface area (Å²) in [7, 11) is -1.67. The van der Waals surface area contributed by atoms with Crippen LogP contribution in [0.15, 0.2) is 24.3 Å². The summed E-state index contributed by atoms with van der Waals surface area (Å²) >= 11 is 0. The minimum absolute atomic E-state index is 0. The summed E-state index contributed by atoms with van der Waals surface area (Å²) in [4.78, 5) is 0.613. The predicted octanol–water partition coefficient (Wildman–Crippen LogP) is 2.26. The Bertz CT molecular complexity index is 582. The molecule has 1 unspecified atom stereocenters. The van der Waals surface area contributed by atoms with Crippen LogP contribution in [0.25, 0.3) is 10.1 Å². The molecule has 1 saturated carbocycles. The van der Waals surface area contributed by atoms with E-state index in [4.69, 9.17) is 0 Å². The van der Waals surface area contributed by atoms with E-state index in [1.54, 1.807) is 18.2 Å². The van der Waals surface area contributed by atoms with Crippen molar-refractivity contribution in [3.63, 3.8) is 0 Å². The maximum absolute atomic E-state index is 13.2. The lowest BCUT2D eigenvalue weighted by molar-refractivity contribution is -0.0867. The van der Waals surface area contributed by atoms with Crippen LogP contribution in [0.2, 0.25) is 0 Å². The molecule has 0 spiro atoms. The van der Waals surface area contributed by atoms with Gasteiger partial charge in [-0.3, -0.25) is 0 Å². The van der Waals surface area contributed by atoms with Gasteiger partial charge < -0.3 is 12.4 Å². The summed E-state index contributed by atoms with van der Waals surface area (Å²) < 4.78 is 40.0. The van der Waals surface area contributed by atoms with Crippen molar-refractivity contribution in [2.24, 2.45) is 0 Å². The Balaban J connectivity index is 0.00000120. The third-order valence-corrected chi connectivity index (χ3v) is 5.42. The van der Waals surface area contributed by atoms with E-state index in [9.17, 15) is 13.2 Å². The Hall–Kier alpha value is -0.740. The molecule has 1 atom stereocenters. The van der Waals surface area contributed by atoms with Crippen LogP contribution in [-0.4, -0.2) is 0 Å². The predicted molar refractivity (Wildman–Crippen MR) is 64.4 cm³/mol. The highest BCUT2D eigenvalue weighted by molar-refractivity contribution is 7.38. The summed E-state index contributed by atoms with van der Waals surface area (Å²) in [5, 5.41) is 0.801. The lowest BCUT2D eigenvalue weighted by Crippen LogP contribution is -3.00. The molecular weight excluding hydrogens is 281 g/mol. The molecule has 1 aromatic carbocycles. The first-order valence-corrected chi connectivity index (χ1v) is 6.83. The Morgan fingerprint density at radius 3 is 2.44 bits per heavy atom. The van der Waals surface area contributed by atoms with Crippen LogP contribution in [-0.2, 0) is 5.51 Å². The van der Waals surface area contributed by atoms with Crippen molar-refractivity contribution in [1.82, 2.24) is 0 Å². The average Bonchev–Trinajstić information content (AvgIpc) is 2.97. The molecule has 0 nitrogen and oxygen atoms in total. The quantitative estimate of drug-likeness (QED) is 0.707. The molecule has 3 rings (SSSR count). The highest BCUT2D eigenvalue weighted by atomic mass is 35.5. The molecular formula is C13H12ClF3S. The van der Waals surface area contributed by atoms with Gasteiger partial charge in [-0.1, -0.05) is 12.1 Å². The van der Waals surface area contributed by atoms with E-state index < -0.39 is 16.0 Å². The second-order valence-electron chi connectivity index (χ2n) is 4.56. The van der Waals surface area contributed by atoms with Crippen molar-refractivity contribution >= 4 is 20.6 Å². The molecule has 0 amide bonds. The molecule has 0 bridgehead atoms. The van der Waals surface area contributed by atoms with Gasteiger partial charge in [0.05, 0.1) is 10.5 Å². The Morgan fingerprint density at radius 1 is 1.22 bits per heavy atom. The number of fused-ring (bicyclic) bond motifs is 1. The molecule has 0 N–H and O–H groups in total. The highest BCUT2D eigenvalue weighted by Gasteiger charge is 2.51. The van der Waals surface area contributed by atoms with E-state index in [1.165, 1.54) is 0 Å². The zero-order valence-electron chi connectivity index (χ0n) is 9.72. The van der Waals surface area contributed by atoms with Crippen molar-refractivity contribution in [2.75, 3.05) is 0 Å². The molecule has 1 aromatic heterocycles. The van der Waals surface area contributed by atoms with Gasteiger partial charge in [0.1, 0.15) is 0 Å². The molecule has 0 radical (unpaired) electrons. The monoisotopic (exact) mass is 292 g/mol. The first-order valence-electron chi connectivity index (χ1n) is 5.61. The van der Waals surface area contributed by atoms with E-state index in [0.717, 1.165) is 23.8 Å². The number of alkyl halides is 3. The van der Waals surface area contributed by atoms with Crippen LogP contribution >= 0.6 is 10.5 Å². The Kier molecular flexibility index (Phi) is 3.36. The maximum Gasteiger partial charge on any atom is 0.600 e. The summed E-state index contributed by atoms with van der Waals surface area (Å²) in [6.45, 7) is 1.88. The number of hydrogen-bond acceptors (Lipinski definition) is 0. The minimum atomic E-state index is -4.13. The standard InChI is InChI=1S/C13H12F3S.ClH/c1-8-3-2-4-11-10(8)7-12(9-5-6-9)17(11)13(14,15)16;/h2-4,7,9H,5-6H2,1H3;1H/q+1;/p-1. The second kappa shape index (κ2) is 4.42. The van der Waals surface area contributed by atoms with Gasteiger partial charge in [0.15, 0.2) is 9.58 Å². The molecule has 0 saturated heterocycles. The number of hydrogen-bond donors (Lipinski definition) is 0. The smallest absolute Gasteiger partial charge is 0.600 e. The molecule has 1 fully saturated rings. The van der Waals surface area contributed by atoms with Gasteiger partial charge in [-0.2, -0.15) is 0 Å². The van der Waals surface area contributed by atoms with Crippen molar-refractivity contribution in [3.05, 3.63) is 34.7 Å². The fraction of sp³-hybridized carbons (Fsp3) is 0.385. The fourth-order valence-electron chi connectivity index (χ4n) is 2.26. The van der Waals surface area contributed by atoms with Crippen LogP contribution in [0.4, 0.5) is 13.2 Å².